The molecule has 0 unspecified atom stereocenters. The Morgan fingerprint density at radius 1 is 1.64 bits per heavy atom. The van der Waals surface area contributed by atoms with E-state index in [1.54, 1.807) is 6.08 Å². The maximum Gasteiger partial charge on any atom is 0.112 e. The minimum Gasteiger partial charge on any atom is -0.511 e. The van der Waals surface area contributed by atoms with Gasteiger partial charge in [0.2, 0.25) is 0 Å². The summed E-state index contributed by atoms with van der Waals surface area (Å²) in [4.78, 5) is 0. The molecule has 0 fully saturated rings. The average Bonchev–Trinajstić information content (AvgIpc) is 2.01. The number of allylic oxidation sites excluding steroid dienone is 3. The molecule has 0 aromatic heterocycles. The molecule has 2 heteroatoms. The molecule has 0 aliphatic rings. The van der Waals surface area contributed by atoms with E-state index in [0.29, 0.717) is 10.2 Å². The number of hydrogen-bond acceptors (Lipinski definition) is 1. The normalized spacial score (nSPS) is 14.2. The standard InChI is InChI=1S/C9H15BrO/c1-5-7(10)8(11)9(3,4)6-2/h5,11H,1,6H2,2-4H3/b8-7-. The van der Waals surface area contributed by atoms with E-state index in [-0.39, 0.29) is 5.41 Å². The van der Waals surface area contributed by atoms with E-state index in [2.05, 4.69) is 22.5 Å². The third kappa shape index (κ3) is 2.70. The second kappa shape index (κ2) is 3.96. The first kappa shape index (κ1) is 10.8. The van der Waals surface area contributed by atoms with Gasteiger partial charge in [-0.25, -0.2) is 0 Å². The molecule has 0 saturated heterocycles. The minimum atomic E-state index is -0.160. The molecule has 0 spiro atoms. The van der Waals surface area contributed by atoms with Gasteiger partial charge in [-0.05, 0) is 22.4 Å². The van der Waals surface area contributed by atoms with Crippen LogP contribution in [0.25, 0.3) is 0 Å². The van der Waals surface area contributed by atoms with Crippen molar-refractivity contribution < 1.29 is 5.11 Å². The van der Waals surface area contributed by atoms with Crippen LogP contribution >= 0.6 is 15.9 Å². The summed E-state index contributed by atoms with van der Waals surface area (Å²) in [6.07, 6.45) is 2.51. The molecule has 0 amide bonds. The summed E-state index contributed by atoms with van der Waals surface area (Å²) < 4.78 is 0.685. The number of rotatable bonds is 3. The van der Waals surface area contributed by atoms with Gasteiger partial charge in [-0.3, -0.25) is 0 Å². The summed E-state index contributed by atoms with van der Waals surface area (Å²) in [5.74, 6) is 0.370. The zero-order valence-electron chi connectivity index (χ0n) is 7.32. The van der Waals surface area contributed by atoms with Crippen LogP contribution < -0.4 is 0 Å². The van der Waals surface area contributed by atoms with E-state index in [1.807, 2.05) is 20.8 Å². The van der Waals surface area contributed by atoms with Gasteiger partial charge in [0.05, 0.1) is 4.48 Å². The molecular formula is C9H15BrO. The third-order valence-corrected chi connectivity index (χ3v) is 2.63. The molecule has 0 saturated carbocycles. The van der Waals surface area contributed by atoms with Crippen LogP contribution in [0, 0.1) is 5.41 Å². The van der Waals surface area contributed by atoms with Gasteiger partial charge in [0.25, 0.3) is 0 Å². The number of halogens is 1. The first-order valence-corrected chi connectivity index (χ1v) is 4.46. The molecule has 0 bridgehead atoms. The fraction of sp³-hybridized carbons (Fsp3) is 0.556. The highest BCUT2D eigenvalue weighted by Crippen LogP contribution is 2.32. The van der Waals surface area contributed by atoms with Crippen LogP contribution in [0.1, 0.15) is 27.2 Å². The summed E-state index contributed by atoms with van der Waals surface area (Å²) in [6, 6.07) is 0. The van der Waals surface area contributed by atoms with Crippen molar-refractivity contribution in [3.63, 3.8) is 0 Å². The Balaban J connectivity index is 4.71. The summed E-state index contributed by atoms with van der Waals surface area (Å²) in [5.41, 5.74) is -0.160. The minimum absolute atomic E-state index is 0.160. The van der Waals surface area contributed by atoms with Gasteiger partial charge < -0.3 is 5.11 Å². The van der Waals surface area contributed by atoms with E-state index >= 15 is 0 Å². The number of aliphatic hydroxyl groups excluding tert-OH is 1. The molecule has 0 aliphatic heterocycles. The van der Waals surface area contributed by atoms with E-state index < -0.39 is 0 Å². The van der Waals surface area contributed by atoms with Crippen LogP contribution in [-0.4, -0.2) is 5.11 Å². The SMILES string of the molecule is C=C/C(Br)=C(/O)C(C)(C)CC. The maximum atomic E-state index is 9.61. The fourth-order valence-corrected chi connectivity index (χ4v) is 1.12. The molecule has 0 atom stereocenters. The lowest BCUT2D eigenvalue weighted by atomic mass is 9.88. The second-order valence-corrected chi connectivity index (χ2v) is 3.99. The maximum absolute atomic E-state index is 9.61. The highest BCUT2D eigenvalue weighted by Gasteiger charge is 2.22. The molecule has 0 aromatic carbocycles. The summed E-state index contributed by atoms with van der Waals surface area (Å²) in [5, 5.41) is 9.61. The van der Waals surface area contributed by atoms with Gasteiger partial charge in [-0.15, -0.1) is 0 Å². The quantitative estimate of drug-likeness (QED) is 0.565. The van der Waals surface area contributed by atoms with Gasteiger partial charge in [-0.1, -0.05) is 33.4 Å². The van der Waals surface area contributed by atoms with Gasteiger partial charge >= 0.3 is 0 Å². The van der Waals surface area contributed by atoms with Crippen molar-refractivity contribution in [1.29, 1.82) is 0 Å². The molecule has 11 heavy (non-hydrogen) atoms. The molecule has 0 radical (unpaired) electrons. The Kier molecular flexibility index (Phi) is 3.87. The predicted octanol–water partition coefficient (Wildman–Crippen LogP) is 3.77. The van der Waals surface area contributed by atoms with Gasteiger partial charge in [0.1, 0.15) is 5.76 Å². The van der Waals surface area contributed by atoms with E-state index in [1.165, 1.54) is 0 Å². The highest BCUT2D eigenvalue weighted by molar-refractivity contribution is 9.11. The first-order valence-electron chi connectivity index (χ1n) is 3.67. The molecule has 0 rings (SSSR count). The smallest absolute Gasteiger partial charge is 0.112 e. The van der Waals surface area contributed by atoms with Crippen molar-refractivity contribution in [2.75, 3.05) is 0 Å². The van der Waals surface area contributed by atoms with Crippen molar-refractivity contribution in [2.24, 2.45) is 5.41 Å². The predicted molar refractivity (Wildman–Crippen MR) is 52.9 cm³/mol. The molecule has 1 nitrogen and oxygen atoms in total. The van der Waals surface area contributed by atoms with Crippen LogP contribution in [-0.2, 0) is 0 Å². The lowest BCUT2D eigenvalue weighted by Gasteiger charge is -2.22. The second-order valence-electron chi connectivity index (χ2n) is 3.14. The first-order chi connectivity index (χ1) is 4.95. The van der Waals surface area contributed by atoms with Crippen molar-refractivity contribution in [2.45, 2.75) is 27.2 Å². The number of hydrogen-bond donors (Lipinski definition) is 1. The Bertz CT molecular complexity index is 180. The Hall–Kier alpha value is -0.240. The zero-order valence-corrected chi connectivity index (χ0v) is 8.90. The van der Waals surface area contributed by atoms with Crippen LogP contribution in [0.5, 0.6) is 0 Å². The molecule has 64 valence electrons. The molecule has 0 heterocycles. The van der Waals surface area contributed by atoms with Crippen LogP contribution in [0.4, 0.5) is 0 Å². The van der Waals surface area contributed by atoms with Crippen LogP contribution in [0.3, 0.4) is 0 Å². The lowest BCUT2D eigenvalue weighted by Crippen LogP contribution is -2.13. The molecular weight excluding hydrogens is 204 g/mol. The van der Waals surface area contributed by atoms with Crippen LogP contribution in [0.15, 0.2) is 22.9 Å². The average molecular weight is 219 g/mol. The monoisotopic (exact) mass is 218 g/mol. The van der Waals surface area contributed by atoms with E-state index in [9.17, 15) is 5.11 Å². The number of aliphatic hydroxyl groups is 1. The van der Waals surface area contributed by atoms with Gasteiger partial charge in [-0.2, -0.15) is 0 Å². The molecule has 0 aliphatic carbocycles. The fourth-order valence-electron chi connectivity index (χ4n) is 0.587. The van der Waals surface area contributed by atoms with Gasteiger partial charge in [0, 0.05) is 5.41 Å². The molecule has 1 N–H and O–H groups in total. The van der Waals surface area contributed by atoms with Crippen molar-refractivity contribution in [1.82, 2.24) is 0 Å². The van der Waals surface area contributed by atoms with E-state index in [4.69, 9.17) is 0 Å². The summed E-state index contributed by atoms with van der Waals surface area (Å²) in [6.45, 7) is 9.59. The molecule has 0 aromatic rings. The van der Waals surface area contributed by atoms with E-state index in [0.717, 1.165) is 6.42 Å². The zero-order chi connectivity index (χ0) is 9.07. The largest absolute Gasteiger partial charge is 0.511 e. The third-order valence-electron chi connectivity index (χ3n) is 1.93. The Morgan fingerprint density at radius 2 is 2.09 bits per heavy atom. The summed E-state index contributed by atoms with van der Waals surface area (Å²) in [7, 11) is 0. The van der Waals surface area contributed by atoms with Crippen molar-refractivity contribution >= 4 is 15.9 Å². The van der Waals surface area contributed by atoms with Gasteiger partial charge in [0.15, 0.2) is 0 Å². The van der Waals surface area contributed by atoms with Crippen molar-refractivity contribution in [3.8, 4) is 0 Å². The summed E-state index contributed by atoms with van der Waals surface area (Å²) >= 11 is 3.23. The topological polar surface area (TPSA) is 20.2 Å². The lowest BCUT2D eigenvalue weighted by molar-refractivity contribution is 0.250. The van der Waals surface area contributed by atoms with Crippen molar-refractivity contribution in [3.05, 3.63) is 22.9 Å². The Morgan fingerprint density at radius 3 is 2.36 bits per heavy atom. The van der Waals surface area contributed by atoms with Crippen LogP contribution in [0.2, 0.25) is 0 Å². The Labute approximate surface area is 76.9 Å². The highest BCUT2D eigenvalue weighted by atomic mass is 79.9.